The minimum atomic E-state index is -0.359. The average Bonchev–Trinajstić information content (AvgIpc) is 2.43. The molecule has 0 saturated carbocycles. The van der Waals surface area contributed by atoms with Gasteiger partial charge in [-0.25, -0.2) is 0 Å². The molecule has 0 radical (unpaired) electrons. The van der Waals surface area contributed by atoms with Crippen LogP contribution in [0.4, 0.5) is 0 Å². The molecule has 0 aliphatic heterocycles. The van der Waals surface area contributed by atoms with Gasteiger partial charge < -0.3 is 5.11 Å². The van der Waals surface area contributed by atoms with Crippen LogP contribution in [-0.2, 0) is 0 Å². The van der Waals surface area contributed by atoms with Crippen LogP contribution in [0.2, 0.25) is 0 Å². The second-order valence-electron chi connectivity index (χ2n) is 4.85. The first-order valence-electron chi connectivity index (χ1n) is 6.67. The van der Waals surface area contributed by atoms with Gasteiger partial charge in [0.15, 0.2) is 0 Å². The summed E-state index contributed by atoms with van der Waals surface area (Å²) in [6.45, 7) is 6.24. The van der Waals surface area contributed by atoms with Crippen molar-refractivity contribution in [3.8, 4) is 0 Å². The minimum absolute atomic E-state index is 0.281. The molecule has 0 aromatic heterocycles. The Kier molecular flexibility index (Phi) is 6.45. The van der Waals surface area contributed by atoms with Crippen LogP contribution in [0.15, 0.2) is 54.1 Å². The molecular formula is C17H24O. The molecule has 1 aromatic rings. The van der Waals surface area contributed by atoms with E-state index in [1.165, 1.54) is 5.57 Å². The number of benzene rings is 1. The van der Waals surface area contributed by atoms with E-state index >= 15 is 0 Å². The van der Waals surface area contributed by atoms with E-state index in [2.05, 4.69) is 32.1 Å². The van der Waals surface area contributed by atoms with Crippen molar-refractivity contribution in [2.45, 2.75) is 39.7 Å². The van der Waals surface area contributed by atoms with Crippen molar-refractivity contribution in [1.82, 2.24) is 0 Å². The van der Waals surface area contributed by atoms with Crippen molar-refractivity contribution in [2.75, 3.05) is 0 Å². The minimum Gasteiger partial charge on any atom is -0.388 e. The van der Waals surface area contributed by atoms with Gasteiger partial charge in [-0.3, -0.25) is 0 Å². The lowest BCUT2D eigenvalue weighted by Gasteiger charge is -2.18. The number of hydrogen-bond donors (Lipinski definition) is 1. The molecular weight excluding hydrogens is 220 g/mol. The highest BCUT2D eigenvalue weighted by Crippen LogP contribution is 2.25. The van der Waals surface area contributed by atoms with Gasteiger partial charge in [-0.1, -0.05) is 61.1 Å². The molecule has 1 N–H and O–H groups in total. The fraction of sp³-hybridized carbons (Fsp3) is 0.412. The summed E-state index contributed by atoms with van der Waals surface area (Å²) < 4.78 is 0. The summed E-state index contributed by atoms with van der Waals surface area (Å²) in [6.07, 6.45) is 8.08. The molecule has 0 fully saturated rings. The molecule has 0 heterocycles. The summed E-state index contributed by atoms with van der Waals surface area (Å²) in [4.78, 5) is 0. The highest BCUT2D eigenvalue weighted by Gasteiger charge is 2.14. The maximum absolute atomic E-state index is 10.2. The van der Waals surface area contributed by atoms with Gasteiger partial charge in [0.25, 0.3) is 0 Å². The standard InChI is InChI=1S/C17H24O/c1-4-14(2)10-8-9-11-15(3)17(18)16-12-6-5-7-13-16/h4-8,10,12-13,15,17-18H,9,11H2,1-3H3/b10-8-,14-4-/t15?,17-/m1/s1. The Labute approximate surface area is 111 Å². The molecule has 1 nitrogen and oxygen atoms in total. The summed E-state index contributed by atoms with van der Waals surface area (Å²) in [5, 5.41) is 10.2. The lowest BCUT2D eigenvalue weighted by molar-refractivity contribution is 0.113. The van der Waals surface area contributed by atoms with Crippen LogP contribution in [0.25, 0.3) is 0 Å². The molecule has 2 atom stereocenters. The maximum atomic E-state index is 10.2. The van der Waals surface area contributed by atoms with Crippen molar-refractivity contribution in [1.29, 1.82) is 0 Å². The largest absolute Gasteiger partial charge is 0.388 e. The second-order valence-corrected chi connectivity index (χ2v) is 4.85. The SMILES string of the molecule is C/C=C(C)\C=C/CCC(C)[C@@H](O)c1ccccc1. The molecule has 1 aromatic carbocycles. The topological polar surface area (TPSA) is 20.2 Å². The Hall–Kier alpha value is -1.34. The van der Waals surface area contributed by atoms with Gasteiger partial charge in [-0.15, -0.1) is 0 Å². The van der Waals surface area contributed by atoms with E-state index in [-0.39, 0.29) is 12.0 Å². The third kappa shape index (κ3) is 4.89. The van der Waals surface area contributed by atoms with Gasteiger partial charge in [0.05, 0.1) is 6.10 Å². The smallest absolute Gasteiger partial charge is 0.0815 e. The van der Waals surface area contributed by atoms with Gasteiger partial charge in [-0.05, 0) is 38.2 Å². The van der Waals surface area contributed by atoms with Crippen molar-refractivity contribution in [3.05, 3.63) is 59.7 Å². The number of allylic oxidation sites excluding steroid dienone is 4. The molecule has 0 aliphatic rings. The van der Waals surface area contributed by atoms with E-state index in [1.54, 1.807) is 0 Å². The molecule has 0 aliphatic carbocycles. The van der Waals surface area contributed by atoms with Crippen LogP contribution in [0.5, 0.6) is 0 Å². The van der Waals surface area contributed by atoms with Crippen LogP contribution in [0, 0.1) is 5.92 Å². The first-order valence-corrected chi connectivity index (χ1v) is 6.67. The summed E-state index contributed by atoms with van der Waals surface area (Å²) in [5.74, 6) is 0.281. The Bertz CT molecular complexity index is 389. The number of aliphatic hydroxyl groups is 1. The molecule has 0 amide bonds. The molecule has 1 heteroatoms. The van der Waals surface area contributed by atoms with E-state index in [4.69, 9.17) is 0 Å². The van der Waals surface area contributed by atoms with Gasteiger partial charge in [-0.2, -0.15) is 0 Å². The third-order valence-electron chi connectivity index (χ3n) is 3.30. The zero-order valence-electron chi connectivity index (χ0n) is 11.6. The van der Waals surface area contributed by atoms with E-state index in [1.807, 2.05) is 37.3 Å². The van der Waals surface area contributed by atoms with Crippen LogP contribution in [0.1, 0.15) is 45.3 Å². The molecule has 98 valence electrons. The average molecular weight is 244 g/mol. The molecule has 18 heavy (non-hydrogen) atoms. The Balaban J connectivity index is 2.42. The lowest BCUT2D eigenvalue weighted by Crippen LogP contribution is -2.08. The van der Waals surface area contributed by atoms with Gasteiger partial charge in [0.1, 0.15) is 0 Å². The van der Waals surface area contributed by atoms with Gasteiger partial charge in [0.2, 0.25) is 0 Å². The van der Waals surface area contributed by atoms with E-state index in [0.29, 0.717) is 0 Å². The predicted molar refractivity (Wildman–Crippen MR) is 78.4 cm³/mol. The van der Waals surface area contributed by atoms with Crippen LogP contribution in [-0.4, -0.2) is 5.11 Å². The van der Waals surface area contributed by atoms with Crippen molar-refractivity contribution in [3.63, 3.8) is 0 Å². The van der Waals surface area contributed by atoms with Crippen LogP contribution >= 0.6 is 0 Å². The predicted octanol–water partition coefficient (Wildman–Crippen LogP) is 4.66. The first-order chi connectivity index (χ1) is 8.65. The van der Waals surface area contributed by atoms with Crippen molar-refractivity contribution >= 4 is 0 Å². The Morgan fingerprint density at radius 1 is 1.28 bits per heavy atom. The van der Waals surface area contributed by atoms with Crippen LogP contribution < -0.4 is 0 Å². The normalized spacial score (nSPS) is 15.9. The number of hydrogen-bond acceptors (Lipinski definition) is 1. The fourth-order valence-electron chi connectivity index (χ4n) is 1.86. The Morgan fingerprint density at radius 2 is 1.94 bits per heavy atom. The fourth-order valence-corrected chi connectivity index (χ4v) is 1.86. The highest BCUT2D eigenvalue weighted by atomic mass is 16.3. The summed E-state index contributed by atoms with van der Waals surface area (Å²) >= 11 is 0. The van der Waals surface area contributed by atoms with Crippen molar-refractivity contribution in [2.24, 2.45) is 5.92 Å². The highest BCUT2D eigenvalue weighted by molar-refractivity contribution is 5.18. The van der Waals surface area contributed by atoms with E-state index < -0.39 is 0 Å². The zero-order chi connectivity index (χ0) is 13.4. The molecule has 0 spiro atoms. The molecule has 0 saturated heterocycles. The first kappa shape index (κ1) is 14.7. The summed E-state index contributed by atoms with van der Waals surface area (Å²) in [5.41, 5.74) is 2.30. The number of rotatable bonds is 6. The Morgan fingerprint density at radius 3 is 2.56 bits per heavy atom. The molecule has 1 rings (SSSR count). The van der Waals surface area contributed by atoms with Gasteiger partial charge >= 0.3 is 0 Å². The quantitative estimate of drug-likeness (QED) is 0.722. The molecule has 0 bridgehead atoms. The van der Waals surface area contributed by atoms with E-state index in [9.17, 15) is 5.11 Å². The van der Waals surface area contributed by atoms with E-state index in [0.717, 1.165) is 18.4 Å². The summed E-state index contributed by atoms with van der Waals surface area (Å²) in [7, 11) is 0. The summed E-state index contributed by atoms with van der Waals surface area (Å²) in [6, 6.07) is 9.90. The maximum Gasteiger partial charge on any atom is 0.0815 e. The number of aliphatic hydroxyl groups excluding tert-OH is 1. The monoisotopic (exact) mass is 244 g/mol. The van der Waals surface area contributed by atoms with Crippen LogP contribution in [0.3, 0.4) is 0 Å². The second kappa shape index (κ2) is 7.88. The lowest BCUT2D eigenvalue weighted by atomic mass is 9.93. The third-order valence-corrected chi connectivity index (χ3v) is 3.30. The zero-order valence-corrected chi connectivity index (χ0v) is 11.6. The van der Waals surface area contributed by atoms with Gasteiger partial charge in [0, 0.05) is 0 Å². The van der Waals surface area contributed by atoms with Crippen molar-refractivity contribution < 1.29 is 5.11 Å². The molecule has 1 unspecified atom stereocenters.